The first kappa shape index (κ1) is 17.2. The van der Waals surface area contributed by atoms with Gasteiger partial charge in [-0.3, -0.25) is 10.1 Å². The van der Waals surface area contributed by atoms with E-state index < -0.39 is 0 Å². The molecule has 0 fully saturated rings. The lowest BCUT2D eigenvalue weighted by atomic mass is 10.2. The van der Waals surface area contributed by atoms with Crippen LogP contribution in [0.2, 0.25) is 0 Å². The number of hydrogen-bond acceptors (Lipinski definition) is 5. The molecule has 0 unspecified atom stereocenters. The van der Waals surface area contributed by atoms with Gasteiger partial charge in [-0.1, -0.05) is 12.1 Å². The number of non-ortho nitro benzene ring substituents is 1. The number of nitrogens with zero attached hydrogens (tertiary/aromatic N) is 3. The summed E-state index contributed by atoms with van der Waals surface area (Å²) in [6.07, 6.45) is 1.68. The maximum Gasteiger partial charge on any atom is 0.270 e. The smallest absolute Gasteiger partial charge is 0.270 e. The first-order valence-electron chi connectivity index (χ1n) is 8.43. The second-order valence-corrected chi connectivity index (χ2v) is 7.15. The van der Waals surface area contributed by atoms with Gasteiger partial charge >= 0.3 is 0 Å². The van der Waals surface area contributed by atoms with Crippen molar-refractivity contribution in [1.82, 2.24) is 9.55 Å². The number of rotatable bonds is 5. The fourth-order valence-corrected chi connectivity index (χ4v) is 3.96. The molecule has 0 bridgehead atoms. The Morgan fingerprint density at radius 1 is 1.22 bits per heavy atom. The molecule has 7 heteroatoms. The highest BCUT2D eigenvalue weighted by atomic mass is 32.1. The van der Waals surface area contributed by atoms with Crippen LogP contribution in [0.15, 0.2) is 58.5 Å². The molecular weight excluding hydrogens is 362 g/mol. The first-order valence-corrected chi connectivity index (χ1v) is 9.31. The van der Waals surface area contributed by atoms with Gasteiger partial charge in [-0.05, 0) is 32.0 Å². The predicted octanol–water partition coefficient (Wildman–Crippen LogP) is 5.44. The number of hydrogen-bond donors (Lipinski definition) is 0. The Bertz CT molecular complexity index is 1110. The highest BCUT2D eigenvalue weighted by molar-refractivity contribution is 7.13. The average molecular weight is 379 g/mol. The molecule has 0 atom stereocenters. The van der Waals surface area contributed by atoms with E-state index in [1.54, 1.807) is 18.4 Å². The third-order valence-corrected chi connectivity index (χ3v) is 5.44. The predicted molar refractivity (Wildman–Crippen MR) is 105 cm³/mol. The lowest BCUT2D eigenvalue weighted by Crippen LogP contribution is -2.02. The van der Waals surface area contributed by atoms with E-state index in [0.717, 1.165) is 39.0 Å². The van der Waals surface area contributed by atoms with Crippen LogP contribution in [0.25, 0.3) is 21.8 Å². The second kappa shape index (κ2) is 6.85. The van der Waals surface area contributed by atoms with Gasteiger partial charge in [0.1, 0.15) is 10.8 Å². The Balaban J connectivity index is 1.68. The Kier molecular flexibility index (Phi) is 4.37. The van der Waals surface area contributed by atoms with Crippen molar-refractivity contribution in [3.63, 3.8) is 0 Å². The molecule has 0 saturated heterocycles. The van der Waals surface area contributed by atoms with E-state index in [2.05, 4.69) is 24.5 Å². The number of aromatic nitrogens is 2. The molecule has 0 aliphatic carbocycles. The molecule has 0 spiro atoms. The summed E-state index contributed by atoms with van der Waals surface area (Å²) in [5.74, 6) is 0.902. The van der Waals surface area contributed by atoms with Crippen LogP contribution in [0.1, 0.15) is 17.1 Å². The van der Waals surface area contributed by atoms with E-state index in [1.165, 1.54) is 17.4 Å². The first-order chi connectivity index (χ1) is 13.0. The lowest BCUT2D eigenvalue weighted by Gasteiger charge is -2.07. The van der Waals surface area contributed by atoms with Crippen LogP contribution in [0.5, 0.6) is 0 Å². The van der Waals surface area contributed by atoms with Crippen molar-refractivity contribution in [2.24, 2.45) is 0 Å². The van der Waals surface area contributed by atoms with Gasteiger partial charge < -0.3 is 8.98 Å². The molecule has 4 aromatic rings. The average Bonchev–Trinajstić information content (AvgIpc) is 3.39. The van der Waals surface area contributed by atoms with Crippen LogP contribution in [0.4, 0.5) is 5.69 Å². The van der Waals surface area contributed by atoms with E-state index in [1.807, 2.05) is 23.6 Å². The fraction of sp³-hybridized carbons (Fsp3) is 0.150. The summed E-state index contributed by atoms with van der Waals surface area (Å²) < 4.78 is 7.66. The summed E-state index contributed by atoms with van der Waals surface area (Å²) >= 11 is 1.49. The standard InChI is InChI=1S/C20H17N3O3S/c1-13-9-18(14(2)22(13)11-17-7-4-8-26-17)19-12-27-20(21-19)15-5-3-6-16(10-15)23(24)25/h3-10,12H,11H2,1-2H3. The Hall–Kier alpha value is -3.19. The minimum absolute atomic E-state index is 0.0703. The van der Waals surface area contributed by atoms with Gasteiger partial charge in [0.05, 0.1) is 23.4 Å². The van der Waals surface area contributed by atoms with Crippen molar-refractivity contribution >= 4 is 17.0 Å². The van der Waals surface area contributed by atoms with Crippen molar-refractivity contribution < 1.29 is 9.34 Å². The molecule has 136 valence electrons. The quantitative estimate of drug-likeness (QED) is 0.342. The Morgan fingerprint density at radius 3 is 2.81 bits per heavy atom. The van der Waals surface area contributed by atoms with Gasteiger partial charge in [-0.2, -0.15) is 0 Å². The summed E-state index contributed by atoms with van der Waals surface area (Å²) in [4.78, 5) is 15.3. The Labute approximate surface area is 159 Å². The van der Waals surface area contributed by atoms with E-state index in [-0.39, 0.29) is 10.6 Å². The van der Waals surface area contributed by atoms with Crippen LogP contribution in [-0.4, -0.2) is 14.5 Å². The zero-order valence-corrected chi connectivity index (χ0v) is 15.7. The molecule has 0 aliphatic heterocycles. The molecule has 3 aromatic heterocycles. The number of thiazole rings is 1. The molecule has 0 amide bonds. The van der Waals surface area contributed by atoms with Crippen LogP contribution in [-0.2, 0) is 6.54 Å². The van der Waals surface area contributed by atoms with Gasteiger partial charge in [-0.15, -0.1) is 11.3 Å². The van der Waals surface area contributed by atoms with E-state index in [0.29, 0.717) is 6.54 Å². The van der Waals surface area contributed by atoms with Gasteiger partial charge in [0.25, 0.3) is 5.69 Å². The van der Waals surface area contributed by atoms with Crippen molar-refractivity contribution in [2.45, 2.75) is 20.4 Å². The number of aryl methyl sites for hydroxylation is 1. The number of nitro groups is 1. The third kappa shape index (κ3) is 3.29. The topological polar surface area (TPSA) is 74.1 Å². The molecule has 4 rings (SSSR count). The highest BCUT2D eigenvalue weighted by Crippen LogP contribution is 2.33. The van der Waals surface area contributed by atoms with Crippen LogP contribution in [0.3, 0.4) is 0 Å². The van der Waals surface area contributed by atoms with E-state index >= 15 is 0 Å². The van der Waals surface area contributed by atoms with E-state index in [9.17, 15) is 10.1 Å². The van der Waals surface area contributed by atoms with Crippen LogP contribution in [0, 0.1) is 24.0 Å². The maximum atomic E-state index is 11.0. The minimum atomic E-state index is -0.389. The molecule has 0 N–H and O–H groups in total. The number of nitro benzene ring substituents is 1. The van der Waals surface area contributed by atoms with Gasteiger partial charge in [0.2, 0.25) is 0 Å². The highest BCUT2D eigenvalue weighted by Gasteiger charge is 2.16. The number of benzene rings is 1. The lowest BCUT2D eigenvalue weighted by molar-refractivity contribution is -0.384. The van der Waals surface area contributed by atoms with Gasteiger partial charge in [0.15, 0.2) is 0 Å². The van der Waals surface area contributed by atoms with Gasteiger partial charge in [-0.25, -0.2) is 4.98 Å². The van der Waals surface area contributed by atoms with Gasteiger partial charge in [0, 0.05) is 40.0 Å². The summed E-state index contributed by atoms with van der Waals surface area (Å²) in [5.41, 5.74) is 5.00. The van der Waals surface area contributed by atoms with Crippen LogP contribution < -0.4 is 0 Å². The molecule has 3 heterocycles. The third-order valence-electron chi connectivity index (χ3n) is 4.55. The molecule has 1 aromatic carbocycles. The molecule has 6 nitrogen and oxygen atoms in total. The summed E-state index contributed by atoms with van der Waals surface area (Å²) in [6.45, 7) is 4.80. The zero-order valence-electron chi connectivity index (χ0n) is 14.9. The summed E-state index contributed by atoms with van der Waals surface area (Å²) in [5, 5.41) is 13.8. The molecule has 0 saturated carbocycles. The normalized spacial score (nSPS) is 11.0. The Morgan fingerprint density at radius 2 is 2.07 bits per heavy atom. The second-order valence-electron chi connectivity index (χ2n) is 6.30. The summed E-state index contributed by atoms with van der Waals surface area (Å²) in [6, 6.07) is 12.5. The maximum absolute atomic E-state index is 11.0. The van der Waals surface area contributed by atoms with Crippen molar-refractivity contribution in [3.8, 4) is 21.8 Å². The number of furan rings is 1. The molecule has 0 radical (unpaired) electrons. The molecule has 0 aliphatic rings. The van der Waals surface area contributed by atoms with Crippen molar-refractivity contribution in [3.05, 3.63) is 81.4 Å². The van der Waals surface area contributed by atoms with Crippen molar-refractivity contribution in [2.75, 3.05) is 0 Å². The summed E-state index contributed by atoms with van der Waals surface area (Å²) in [7, 11) is 0. The van der Waals surface area contributed by atoms with Crippen molar-refractivity contribution in [1.29, 1.82) is 0 Å². The SMILES string of the molecule is Cc1cc(-c2csc(-c3cccc([N+](=O)[O-])c3)n2)c(C)n1Cc1ccco1. The molecule has 27 heavy (non-hydrogen) atoms. The van der Waals surface area contributed by atoms with E-state index in [4.69, 9.17) is 9.40 Å². The zero-order chi connectivity index (χ0) is 19.0. The molecular formula is C20H17N3O3S. The fourth-order valence-electron chi connectivity index (χ4n) is 3.14. The largest absolute Gasteiger partial charge is 0.467 e. The monoisotopic (exact) mass is 379 g/mol. The van der Waals surface area contributed by atoms with Crippen LogP contribution >= 0.6 is 11.3 Å². The minimum Gasteiger partial charge on any atom is -0.467 e.